The van der Waals surface area contributed by atoms with E-state index < -0.39 is 5.54 Å². The molecule has 1 saturated carbocycles. The first-order valence-corrected chi connectivity index (χ1v) is 7.05. The maximum Gasteiger partial charge on any atom is 0.237 e. The first-order valence-electron chi connectivity index (χ1n) is 6.67. The van der Waals surface area contributed by atoms with Crippen LogP contribution < -0.4 is 11.1 Å². The summed E-state index contributed by atoms with van der Waals surface area (Å²) in [6, 6.07) is 0.178. The van der Waals surface area contributed by atoms with Crippen molar-refractivity contribution >= 4 is 17.5 Å². The van der Waals surface area contributed by atoms with Gasteiger partial charge in [0.1, 0.15) is 0 Å². The molecule has 3 N–H and O–H groups in total. The number of nitrogens with two attached hydrogens (primary N) is 1. The van der Waals surface area contributed by atoms with Gasteiger partial charge in [-0.15, -0.1) is 0 Å². The van der Waals surface area contributed by atoms with Crippen molar-refractivity contribution in [3.05, 3.63) is 16.4 Å². The van der Waals surface area contributed by atoms with Crippen LogP contribution in [0.3, 0.4) is 0 Å². The number of nitrogens with zero attached hydrogens (tertiary/aromatic N) is 2. The number of hydrogen-bond donors (Lipinski definition) is 2. The number of carbonyl (C=O) groups is 1. The molecule has 1 aliphatic rings. The Bertz CT molecular complexity index is 499. The minimum absolute atomic E-state index is 0.178. The van der Waals surface area contributed by atoms with Crippen LogP contribution in [0.4, 0.5) is 0 Å². The van der Waals surface area contributed by atoms with E-state index in [1.807, 2.05) is 25.5 Å². The molecule has 106 valence electrons. The van der Waals surface area contributed by atoms with Gasteiger partial charge in [0.15, 0.2) is 0 Å². The zero-order chi connectivity index (χ0) is 14.2. The average molecular weight is 285 g/mol. The Morgan fingerprint density at radius 3 is 2.79 bits per heavy atom. The van der Waals surface area contributed by atoms with Crippen molar-refractivity contribution in [1.82, 2.24) is 15.1 Å². The molecule has 0 spiro atoms. The monoisotopic (exact) mass is 284 g/mol. The Hall–Kier alpha value is -1.07. The summed E-state index contributed by atoms with van der Waals surface area (Å²) < 4.78 is 1.94. The fourth-order valence-electron chi connectivity index (χ4n) is 3.04. The van der Waals surface area contributed by atoms with Crippen LogP contribution in [-0.4, -0.2) is 27.8 Å². The van der Waals surface area contributed by atoms with Crippen LogP contribution in [0.1, 0.15) is 43.6 Å². The molecule has 2 atom stereocenters. The third-order valence-electron chi connectivity index (χ3n) is 4.06. The molecule has 6 heteroatoms. The van der Waals surface area contributed by atoms with E-state index in [-0.39, 0.29) is 11.9 Å². The van der Waals surface area contributed by atoms with Crippen molar-refractivity contribution < 1.29 is 4.79 Å². The smallest absolute Gasteiger partial charge is 0.237 e. The third kappa shape index (κ3) is 2.37. The van der Waals surface area contributed by atoms with Gasteiger partial charge in [-0.2, -0.15) is 5.10 Å². The standard InChI is InChI=1S/C13H21ClN4O/c1-4-16-13(12(15)19)6-5-10(7-13)18-9(3)11(14)8(2)17-18/h10,16H,4-7H2,1-3H3,(H2,15,19). The van der Waals surface area contributed by atoms with Crippen molar-refractivity contribution in [3.8, 4) is 0 Å². The topological polar surface area (TPSA) is 72.9 Å². The molecule has 1 aliphatic carbocycles. The fraction of sp³-hybridized carbons (Fsp3) is 0.692. The number of aromatic nitrogens is 2. The Balaban J connectivity index is 2.26. The van der Waals surface area contributed by atoms with Gasteiger partial charge in [-0.05, 0) is 39.7 Å². The van der Waals surface area contributed by atoms with E-state index in [0.717, 1.165) is 30.8 Å². The van der Waals surface area contributed by atoms with Gasteiger partial charge in [-0.25, -0.2) is 0 Å². The van der Waals surface area contributed by atoms with Crippen molar-refractivity contribution in [2.45, 2.75) is 51.6 Å². The van der Waals surface area contributed by atoms with Gasteiger partial charge in [0.2, 0.25) is 5.91 Å². The first kappa shape index (κ1) is 14.3. The molecule has 1 amide bonds. The second-order valence-corrected chi connectivity index (χ2v) is 5.68. The number of primary amides is 1. The SMILES string of the molecule is CCNC1(C(N)=O)CCC(n2nc(C)c(Cl)c2C)C1. The van der Waals surface area contributed by atoms with Gasteiger partial charge in [-0.1, -0.05) is 18.5 Å². The highest BCUT2D eigenvalue weighted by molar-refractivity contribution is 6.31. The van der Waals surface area contributed by atoms with Crippen molar-refractivity contribution in [2.24, 2.45) is 5.73 Å². The van der Waals surface area contributed by atoms with Crippen LogP contribution in [0.25, 0.3) is 0 Å². The van der Waals surface area contributed by atoms with Crippen LogP contribution in [0.15, 0.2) is 0 Å². The second kappa shape index (κ2) is 5.13. The molecule has 0 aromatic carbocycles. The average Bonchev–Trinajstić information content (AvgIpc) is 2.88. The number of aryl methyl sites for hydroxylation is 1. The second-order valence-electron chi connectivity index (χ2n) is 5.30. The van der Waals surface area contributed by atoms with Crippen LogP contribution in [-0.2, 0) is 4.79 Å². The first-order chi connectivity index (χ1) is 8.91. The van der Waals surface area contributed by atoms with Gasteiger partial charge < -0.3 is 11.1 Å². The lowest BCUT2D eigenvalue weighted by atomic mass is 9.96. The molecule has 2 unspecified atom stereocenters. The fourth-order valence-corrected chi connectivity index (χ4v) is 3.16. The molecule has 0 saturated heterocycles. The summed E-state index contributed by atoms with van der Waals surface area (Å²) in [5.41, 5.74) is 6.77. The summed E-state index contributed by atoms with van der Waals surface area (Å²) in [5, 5.41) is 8.44. The zero-order valence-corrected chi connectivity index (χ0v) is 12.4. The number of likely N-dealkylation sites (N-methyl/N-ethyl adjacent to an activating group) is 1. The number of carbonyl (C=O) groups excluding carboxylic acids is 1. The van der Waals surface area contributed by atoms with Gasteiger partial charge in [0.05, 0.1) is 28.0 Å². The molecule has 19 heavy (non-hydrogen) atoms. The molecule has 1 aromatic rings. The molecule has 0 bridgehead atoms. The third-order valence-corrected chi connectivity index (χ3v) is 4.60. The molecule has 5 nitrogen and oxygen atoms in total. The van der Waals surface area contributed by atoms with Crippen LogP contribution >= 0.6 is 11.6 Å². The minimum atomic E-state index is -0.599. The Kier molecular flexibility index (Phi) is 3.87. The van der Waals surface area contributed by atoms with Gasteiger partial charge in [0.25, 0.3) is 0 Å². The van der Waals surface area contributed by atoms with E-state index >= 15 is 0 Å². The largest absolute Gasteiger partial charge is 0.368 e. The van der Waals surface area contributed by atoms with Crippen molar-refractivity contribution in [2.75, 3.05) is 6.54 Å². The lowest BCUT2D eigenvalue weighted by Gasteiger charge is -2.26. The quantitative estimate of drug-likeness (QED) is 0.884. The summed E-state index contributed by atoms with van der Waals surface area (Å²) in [5.74, 6) is -0.274. The van der Waals surface area contributed by atoms with E-state index in [2.05, 4.69) is 10.4 Å². The summed E-state index contributed by atoms with van der Waals surface area (Å²) >= 11 is 6.18. The number of amides is 1. The van der Waals surface area contributed by atoms with Gasteiger partial charge in [-0.3, -0.25) is 9.48 Å². The Morgan fingerprint density at radius 1 is 1.63 bits per heavy atom. The van der Waals surface area contributed by atoms with E-state index in [4.69, 9.17) is 17.3 Å². The highest BCUT2D eigenvalue weighted by Gasteiger charge is 2.44. The van der Waals surface area contributed by atoms with E-state index in [1.54, 1.807) is 0 Å². The summed E-state index contributed by atoms with van der Waals surface area (Å²) in [6.45, 7) is 6.57. The molecule has 0 aliphatic heterocycles. The molecule has 1 heterocycles. The normalized spacial score (nSPS) is 26.8. The van der Waals surface area contributed by atoms with Crippen molar-refractivity contribution in [3.63, 3.8) is 0 Å². The number of halogens is 1. The molecular formula is C13H21ClN4O. The highest BCUT2D eigenvalue weighted by Crippen LogP contribution is 2.39. The Labute approximate surface area is 118 Å². The van der Waals surface area contributed by atoms with E-state index in [1.165, 1.54) is 0 Å². The molecule has 0 radical (unpaired) electrons. The number of nitrogens with one attached hydrogen (secondary N) is 1. The molecular weight excluding hydrogens is 264 g/mol. The summed E-state index contributed by atoms with van der Waals surface area (Å²) in [6.07, 6.45) is 2.31. The van der Waals surface area contributed by atoms with Crippen molar-refractivity contribution in [1.29, 1.82) is 0 Å². The summed E-state index contributed by atoms with van der Waals surface area (Å²) in [7, 11) is 0. The zero-order valence-electron chi connectivity index (χ0n) is 11.7. The molecule has 1 fully saturated rings. The number of rotatable bonds is 4. The van der Waals surface area contributed by atoms with Gasteiger partial charge in [0, 0.05) is 0 Å². The lowest BCUT2D eigenvalue weighted by Crippen LogP contribution is -2.53. The predicted octanol–water partition coefficient (Wildman–Crippen LogP) is 1.71. The van der Waals surface area contributed by atoms with Crippen LogP contribution in [0.5, 0.6) is 0 Å². The summed E-state index contributed by atoms with van der Waals surface area (Å²) in [4.78, 5) is 11.8. The minimum Gasteiger partial charge on any atom is -0.368 e. The van der Waals surface area contributed by atoms with E-state index in [0.29, 0.717) is 11.4 Å². The van der Waals surface area contributed by atoms with Gasteiger partial charge >= 0.3 is 0 Å². The predicted molar refractivity (Wildman–Crippen MR) is 75.2 cm³/mol. The maximum absolute atomic E-state index is 11.8. The highest BCUT2D eigenvalue weighted by atomic mass is 35.5. The number of hydrogen-bond acceptors (Lipinski definition) is 3. The Morgan fingerprint density at radius 2 is 2.32 bits per heavy atom. The molecule has 2 rings (SSSR count). The lowest BCUT2D eigenvalue weighted by molar-refractivity contribution is -0.124. The van der Waals surface area contributed by atoms with E-state index in [9.17, 15) is 4.79 Å². The molecule has 1 aromatic heterocycles. The van der Waals surface area contributed by atoms with Crippen LogP contribution in [0, 0.1) is 13.8 Å². The maximum atomic E-state index is 11.8. The van der Waals surface area contributed by atoms with Crippen LogP contribution in [0.2, 0.25) is 5.02 Å².